The molecule has 15 heavy (non-hydrogen) atoms. The number of halogens is 2. The van der Waals surface area contributed by atoms with E-state index in [0.717, 1.165) is 6.04 Å². The van der Waals surface area contributed by atoms with Crippen LogP contribution in [0, 0.1) is 0 Å². The van der Waals surface area contributed by atoms with E-state index >= 15 is 0 Å². The number of hydrogen-bond donors (Lipinski definition) is 1. The van der Waals surface area contributed by atoms with Crippen molar-refractivity contribution in [3.8, 4) is 0 Å². The molecule has 92 valence electrons. The average Bonchev–Trinajstić information content (AvgIpc) is 2.20. The molecule has 1 aliphatic heterocycles. The van der Waals surface area contributed by atoms with Crippen molar-refractivity contribution < 1.29 is 21.9 Å². The fraction of sp³-hybridized carbons (Fsp3) is 1.00. The van der Waals surface area contributed by atoms with Crippen LogP contribution in [0.25, 0.3) is 0 Å². The maximum absolute atomic E-state index is 3.48. The van der Waals surface area contributed by atoms with E-state index < -0.39 is 0 Å². The van der Waals surface area contributed by atoms with Crippen LogP contribution in [-0.4, -0.2) is 24.5 Å². The molecule has 1 fully saturated rings. The predicted molar refractivity (Wildman–Crippen MR) is 66.3 cm³/mol. The first-order valence-electron chi connectivity index (χ1n) is 6.25. The van der Waals surface area contributed by atoms with Gasteiger partial charge in [0, 0.05) is 5.33 Å². The van der Waals surface area contributed by atoms with Gasteiger partial charge in [-0.25, -0.2) is 0 Å². The highest BCUT2D eigenvalue weighted by molar-refractivity contribution is 9.09. The predicted octanol–water partition coefficient (Wildman–Crippen LogP) is -0.597. The molecular formula is C12H25Br2N. The molecule has 1 aliphatic rings. The number of alkyl halides is 1. The van der Waals surface area contributed by atoms with Crippen molar-refractivity contribution in [3.63, 3.8) is 0 Å². The molecule has 0 aromatic carbocycles. The SMILES string of the molecule is CC1CCCC[NH+]1CCCCCCBr.[Br-]. The zero-order chi connectivity index (χ0) is 10.2. The third kappa shape index (κ3) is 6.96. The minimum absolute atomic E-state index is 0. The van der Waals surface area contributed by atoms with Crippen molar-refractivity contribution in [2.45, 2.75) is 57.9 Å². The molecule has 0 amide bonds. The molecule has 0 aliphatic carbocycles. The van der Waals surface area contributed by atoms with Gasteiger partial charge in [-0.2, -0.15) is 0 Å². The van der Waals surface area contributed by atoms with E-state index in [1.165, 1.54) is 63.4 Å². The number of rotatable bonds is 6. The van der Waals surface area contributed by atoms with Crippen LogP contribution in [0.1, 0.15) is 51.9 Å². The van der Waals surface area contributed by atoms with E-state index in [4.69, 9.17) is 0 Å². The maximum atomic E-state index is 3.48. The molecule has 1 rings (SSSR count). The van der Waals surface area contributed by atoms with Crippen molar-refractivity contribution in [3.05, 3.63) is 0 Å². The van der Waals surface area contributed by atoms with Crippen LogP contribution in [0.2, 0.25) is 0 Å². The molecule has 2 unspecified atom stereocenters. The van der Waals surface area contributed by atoms with E-state index in [-0.39, 0.29) is 17.0 Å². The molecule has 0 radical (unpaired) electrons. The Morgan fingerprint density at radius 2 is 1.87 bits per heavy atom. The minimum Gasteiger partial charge on any atom is -1.00 e. The van der Waals surface area contributed by atoms with Crippen LogP contribution in [-0.2, 0) is 0 Å². The quantitative estimate of drug-likeness (QED) is 0.486. The van der Waals surface area contributed by atoms with Crippen LogP contribution in [0.3, 0.4) is 0 Å². The van der Waals surface area contributed by atoms with Gasteiger partial charge in [0.05, 0.1) is 19.1 Å². The van der Waals surface area contributed by atoms with Gasteiger partial charge in [0.25, 0.3) is 0 Å². The van der Waals surface area contributed by atoms with Gasteiger partial charge < -0.3 is 21.9 Å². The van der Waals surface area contributed by atoms with Crippen LogP contribution >= 0.6 is 15.9 Å². The topological polar surface area (TPSA) is 4.44 Å². The summed E-state index contributed by atoms with van der Waals surface area (Å²) in [7, 11) is 0. The Morgan fingerprint density at radius 3 is 2.53 bits per heavy atom. The zero-order valence-corrected chi connectivity index (χ0v) is 13.1. The van der Waals surface area contributed by atoms with Crippen molar-refractivity contribution in [2.24, 2.45) is 0 Å². The first kappa shape index (κ1) is 15.9. The molecular weight excluding hydrogens is 318 g/mol. The fourth-order valence-electron chi connectivity index (χ4n) is 2.42. The van der Waals surface area contributed by atoms with E-state index in [1.807, 2.05) is 4.90 Å². The first-order valence-corrected chi connectivity index (χ1v) is 7.37. The monoisotopic (exact) mass is 341 g/mol. The third-order valence-corrected chi connectivity index (χ3v) is 4.02. The lowest BCUT2D eigenvalue weighted by Crippen LogP contribution is -3.16. The number of nitrogens with one attached hydrogen (secondary N) is 1. The van der Waals surface area contributed by atoms with Gasteiger partial charge in [0.15, 0.2) is 0 Å². The molecule has 0 aromatic rings. The number of likely N-dealkylation sites (tertiary alicyclic amines) is 1. The Balaban J connectivity index is 0.00000196. The lowest BCUT2D eigenvalue weighted by Gasteiger charge is -2.30. The van der Waals surface area contributed by atoms with Gasteiger partial charge in [-0.15, -0.1) is 0 Å². The highest BCUT2D eigenvalue weighted by Gasteiger charge is 2.20. The summed E-state index contributed by atoms with van der Waals surface area (Å²) < 4.78 is 0. The highest BCUT2D eigenvalue weighted by Crippen LogP contribution is 2.04. The molecule has 1 nitrogen and oxygen atoms in total. The average molecular weight is 343 g/mol. The van der Waals surface area contributed by atoms with Gasteiger partial charge in [-0.05, 0) is 45.4 Å². The van der Waals surface area contributed by atoms with Crippen molar-refractivity contribution in [1.82, 2.24) is 0 Å². The van der Waals surface area contributed by atoms with Crippen LogP contribution in [0.5, 0.6) is 0 Å². The van der Waals surface area contributed by atoms with Crippen LogP contribution in [0.15, 0.2) is 0 Å². The largest absolute Gasteiger partial charge is 1.00 e. The molecule has 3 heteroatoms. The molecule has 1 N–H and O–H groups in total. The summed E-state index contributed by atoms with van der Waals surface area (Å²) in [6, 6.07) is 0.930. The smallest absolute Gasteiger partial charge is 0.0846 e. The molecule has 0 aromatic heterocycles. The Morgan fingerprint density at radius 1 is 1.13 bits per heavy atom. The van der Waals surface area contributed by atoms with Crippen LogP contribution < -0.4 is 21.9 Å². The Labute approximate surface area is 114 Å². The Kier molecular flexibility index (Phi) is 10.7. The van der Waals surface area contributed by atoms with Crippen molar-refractivity contribution >= 4 is 15.9 Å². The summed E-state index contributed by atoms with van der Waals surface area (Å²) in [5.41, 5.74) is 0. The van der Waals surface area contributed by atoms with Gasteiger partial charge in [-0.1, -0.05) is 22.4 Å². The second kappa shape index (κ2) is 10.1. The van der Waals surface area contributed by atoms with Gasteiger partial charge in [-0.3, -0.25) is 0 Å². The second-order valence-corrected chi connectivity index (χ2v) is 5.45. The zero-order valence-electron chi connectivity index (χ0n) is 9.90. The lowest BCUT2D eigenvalue weighted by molar-refractivity contribution is -0.928. The normalized spacial score (nSPS) is 26.0. The summed E-state index contributed by atoms with van der Waals surface area (Å²) >= 11 is 3.48. The second-order valence-electron chi connectivity index (χ2n) is 4.66. The standard InChI is InChI=1S/C12H24BrN.BrH/c1-12-8-4-7-11-14(12)10-6-3-2-5-9-13;/h12H,2-11H2,1H3;1H. The molecule has 0 bridgehead atoms. The van der Waals surface area contributed by atoms with Crippen LogP contribution in [0.4, 0.5) is 0 Å². The van der Waals surface area contributed by atoms with Gasteiger partial charge in [0.2, 0.25) is 0 Å². The lowest BCUT2D eigenvalue weighted by atomic mass is 10.0. The summed E-state index contributed by atoms with van der Waals surface area (Å²) in [5, 5.41) is 1.18. The molecule has 1 saturated heterocycles. The Bertz CT molecular complexity index is 142. The molecule has 1 heterocycles. The summed E-state index contributed by atoms with van der Waals surface area (Å²) in [6.07, 6.45) is 10.0. The first-order chi connectivity index (χ1) is 6.84. The van der Waals surface area contributed by atoms with E-state index in [0.29, 0.717) is 0 Å². The number of unbranched alkanes of at least 4 members (excludes halogenated alkanes) is 3. The summed E-state index contributed by atoms with van der Waals surface area (Å²) in [5.74, 6) is 0. The maximum Gasteiger partial charge on any atom is 0.0846 e. The number of hydrogen-bond acceptors (Lipinski definition) is 0. The van der Waals surface area contributed by atoms with Crippen molar-refractivity contribution in [2.75, 3.05) is 18.4 Å². The van der Waals surface area contributed by atoms with Gasteiger partial charge in [0.1, 0.15) is 0 Å². The fourth-order valence-corrected chi connectivity index (χ4v) is 2.82. The molecule has 0 spiro atoms. The van der Waals surface area contributed by atoms with Gasteiger partial charge >= 0.3 is 0 Å². The summed E-state index contributed by atoms with van der Waals surface area (Å²) in [4.78, 5) is 1.87. The molecule has 2 atom stereocenters. The molecule has 0 saturated carbocycles. The highest BCUT2D eigenvalue weighted by atomic mass is 79.9. The number of quaternary nitrogens is 1. The summed E-state index contributed by atoms with van der Waals surface area (Å²) in [6.45, 7) is 5.27. The Hall–Kier alpha value is 0.920. The van der Waals surface area contributed by atoms with Crippen molar-refractivity contribution in [1.29, 1.82) is 0 Å². The number of piperidine rings is 1. The third-order valence-electron chi connectivity index (χ3n) is 3.46. The van der Waals surface area contributed by atoms with E-state index in [2.05, 4.69) is 22.9 Å². The van der Waals surface area contributed by atoms with E-state index in [1.54, 1.807) is 0 Å². The minimum atomic E-state index is 0. The van der Waals surface area contributed by atoms with E-state index in [9.17, 15) is 0 Å².